The lowest BCUT2D eigenvalue weighted by Gasteiger charge is -2.40. The fourth-order valence-corrected chi connectivity index (χ4v) is 5.05. The van der Waals surface area contributed by atoms with Gasteiger partial charge >= 0.3 is 0 Å². The molecule has 3 unspecified atom stereocenters. The quantitative estimate of drug-likeness (QED) is 0.223. The summed E-state index contributed by atoms with van der Waals surface area (Å²) in [6, 6.07) is 12.1. The Morgan fingerprint density at radius 2 is 1.93 bits per heavy atom. The molecule has 0 aliphatic heterocycles. The Balaban J connectivity index is 1.97. The van der Waals surface area contributed by atoms with E-state index in [1.165, 1.54) is 6.08 Å². The highest BCUT2D eigenvalue weighted by Gasteiger charge is 2.40. The summed E-state index contributed by atoms with van der Waals surface area (Å²) in [7, 11) is 3.16. The van der Waals surface area contributed by atoms with Gasteiger partial charge in [-0.05, 0) is 83.5 Å². The highest BCUT2D eigenvalue weighted by molar-refractivity contribution is 14.1. The second kappa shape index (κ2) is 15.6. The minimum absolute atomic E-state index is 0.0863. The van der Waals surface area contributed by atoms with E-state index in [0.29, 0.717) is 35.7 Å². The first-order valence-corrected chi connectivity index (χ1v) is 14.3. The van der Waals surface area contributed by atoms with Crippen LogP contribution in [0.15, 0.2) is 66.3 Å². The zero-order chi connectivity index (χ0) is 29.1. The third kappa shape index (κ3) is 8.21. The molecule has 3 N–H and O–H groups in total. The number of carbonyl (C=O) groups excluding carboxylic acids is 2. The Morgan fingerprint density at radius 3 is 2.60 bits per heavy atom. The summed E-state index contributed by atoms with van der Waals surface area (Å²) in [5, 5.41) is 23.5. The summed E-state index contributed by atoms with van der Waals surface area (Å²) in [4.78, 5) is 28.1. The molecule has 1 aliphatic rings. The lowest BCUT2D eigenvalue weighted by molar-refractivity contribution is -0.133. The van der Waals surface area contributed by atoms with Crippen LogP contribution in [0.3, 0.4) is 0 Å². The van der Waals surface area contributed by atoms with Gasteiger partial charge in [0.1, 0.15) is 29.5 Å². The second-order valence-corrected chi connectivity index (χ2v) is 10.4. The number of halogens is 1. The van der Waals surface area contributed by atoms with Gasteiger partial charge in [-0.25, -0.2) is 0 Å². The normalized spacial score (nSPS) is 18.6. The van der Waals surface area contributed by atoms with Crippen LogP contribution in [0, 0.1) is 3.57 Å². The number of hydrogen-bond acceptors (Lipinski definition) is 7. The Hall–Kier alpha value is -3.09. The first-order valence-electron chi connectivity index (χ1n) is 13.2. The van der Waals surface area contributed by atoms with Gasteiger partial charge in [0.25, 0.3) is 0 Å². The maximum atomic E-state index is 13.5. The number of benzene rings is 2. The summed E-state index contributed by atoms with van der Waals surface area (Å²) in [6.07, 6.45) is 4.07. The molecular formula is C30H37IN2O7. The summed E-state index contributed by atoms with van der Waals surface area (Å²) >= 11 is 2.15. The van der Waals surface area contributed by atoms with E-state index in [2.05, 4.69) is 27.9 Å². The number of nitrogens with zero attached hydrogens (tertiary/aromatic N) is 1. The van der Waals surface area contributed by atoms with Crippen molar-refractivity contribution in [1.82, 2.24) is 10.2 Å². The molecule has 216 valence electrons. The third-order valence-electron chi connectivity index (χ3n) is 6.60. The van der Waals surface area contributed by atoms with Crippen molar-refractivity contribution < 1.29 is 34.0 Å². The van der Waals surface area contributed by atoms with Crippen LogP contribution in [0.1, 0.15) is 25.3 Å². The zero-order valence-electron chi connectivity index (χ0n) is 23.0. The van der Waals surface area contributed by atoms with Crippen LogP contribution in [-0.2, 0) is 16.0 Å². The molecule has 2 amide bonds. The Kier molecular flexibility index (Phi) is 12.3. The summed E-state index contributed by atoms with van der Waals surface area (Å²) in [6.45, 7) is 2.06. The number of para-hydroxylation sites is 1. The fourth-order valence-electron chi connectivity index (χ4n) is 4.54. The standard InChI is InChI=1S/C30H37IN2O7/c1-4-5-10-28(35)33(15-13-20-17-22(38-2)11-12-25(20)39-3)24-18-21(30(37)32-14-16-34)19-27(29(24)36)40-26-9-7-6-8-23(26)31/h5-12,17,19,24,27,29,34,36H,4,13-16,18H2,1-3H3,(H,32,37). The minimum atomic E-state index is -1.11. The molecule has 0 radical (unpaired) electrons. The monoisotopic (exact) mass is 664 g/mol. The molecule has 1 aliphatic carbocycles. The summed E-state index contributed by atoms with van der Waals surface area (Å²) in [5.41, 5.74) is 1.21. The van der Waals surface area contributed by atoms with Crippen molar-refractivity contribution in [2.75, 3.05) is 33.9 Å². The van der Waals surface area contributed by atoms with E-state index >= 15 is 0 Å². The highest BCUT2D eigenvalue weighted by Crippen LogP contribution is 2.31. The van der Waals surface area contributed by atoms with Gasteiger partial charge in [0.15, 0.2) is 0 Å². The number of aliphatic hydroxyl groups excluding tert-OH is 2. The van der Waals surface area contributed by atoms with Gasteiger partial charge in [-0.3, -0.25) is 9.59 Å². The van der Waals surface area contributed by atoms with E-state index < -0.39 is 18.2 Å². The molecule has 0 saturated heterocycles. The maximum Gasteiger partial charge on any atom is 0.247 e. The van der Waals surface area contributed by atoms with E-state index in [4.69, 9.17) is 14.2 Å². The van der Waals surface area contributed by atoms with Crippen molar-refractivity contribution in [3.8, 4) is 17.2 Å². The van der Waals surface area contributed by atoms with Gasteiger partial charge in [0, 0.05) is 25.1 Å². The molecule has 0 saturated carbocycles. The lowest BCUT2D eigenvalue weighted by atomic mass is 9.87. The van der Waals surface area contributed by atoms with Crippen LogP contribution in [0.4, 0.5) is 0 Å². The average molecular weight is 665 g/mol. The van der Waals surface area contributed by atoms with Crippen molar-refractivity contribution >= 4 is 34.4 Å². The predicted molar refractivity (Wildman–Crippen MR) is 161 cm³/mol. The Morgan fingerprint density at radius 1 is 1.15 bits per heavy atom. The first-order chi connectivity index (χ1) is 19.3. The number of amides is 2. The SMILES string of the molecule is CCC=CC(=O)N(CCc1cc(OC)ccc1OC)C1CC(C(=O)NCCO)=CC(Oc2ccccc2I)C1O. The number of carbonyl (C=O) groups is 2. The molecule has 2 aromatic carbocycles. The first kappa shape index (κ1) is 31.4. The van der Waals surface area contributed by atoms with Gasteiger partial charge in [0.05, 0.1) is 30.4 Å². The second-order valence-electron chi connectivity index (χ2n) is 9.22. The van der Waals surface area contributed by atoms with E-state index in [-0.39, 0.29) is 37.9 Å². The average Bonchev–Trinajstić information content (AvgIpc) is 2.97. The minimum Gasteiger partial charge on any atom is -0.497 e. The van der Waals surface area contributed by atoms with Gasteiger partial charge in [-0.15, -0.1) is 0 Å². The van der Waals surface area contributed by atoms with Crippen molar-refractivity contribution in [3.05, 3.63) is 75.4 Å². The lowest BCUT2D eigenvalue weighted by Crippen LogP contribution is -2.55. The Labute approximate surface area is 248 Å². The van der Waals surface area contributed by atoms with Crippen molar-refractivity contribution in [1.29, 1.82) is 0 Å². The van der Waals surface area contributed by atoms with Crippen LogP contribution in [0.25, 0.3) is 0 Å². The molecule has 0 heterocycles. The molecular weight excluding hydrogens is 627 g/mol. The Bertz CT molecular complexity index is 1220. The molecule has 0 bridgehead atoms. The molecule has 0 fully saturated rings. The van der Waals surface area contributed by atoms with Crippen molar-refractivity contribution in [2.45, 2.75) is 44.4 Å². The van der Waals surface area contributed by atoms with Crippen molar-refractivity contribution in [3.63, 3.8) is 0 Å². The van der Waals surface area contributed by atoms with Crippen LogP contribution in [0.5, 0.6) is 17.2 Å². The van der Waals surface area contributed by atoms with Crippen LogP contribution in [0.2, 0.25) is 0 Å². The van der Waals surface area contributed by atoms with E-state index in [9.17, 15) is 19.8 Å². The number of methoxy groups -OCH3 is 2. The molecule has 0 spiro atoms. The number of rotatable bonds is 13. The number of allylic oxidation sites excluding steroid dienone is 1. The third-order valence-corrected chi connectivity index (χ3v) is 7.49. The number of aliphatic hydroxyl groups is 2. The smallest absolute Gasteiger partial charge is 0.247 e. The van der Waals surface area contributed by atoms with E-state index in [1.807, 2.05) is 37.3 Å². The topological polar surface area (TPSA) is 118 Å². The number of nitrogens with one attached hydrogen (secondary N) is 1. The molecule has 10 heteroatoms. The van der Waals surface area contributed by atoms with Crippen LogP contribution >= 0.6 is 22.6 Å². The molecule has 3 rings (SSSR count). The van der Waals surface area contributed by atoms with E-state index in [1.54, 1.807) is 43.4 Å². The molecule has 0 aromatic heterocycles. The van der Waals surface area contributed by atoms with Gasteiger partial charge < -0.3 is 34.6 Å². The van der Waals surface area contributed by atoms with Crippen LogP contribution in [-0.4, -0.2) is 79.1 Å². The van der Waals surface area contributed by atoms with Crippen molar-refractivity contribution in [2.24, 2.45) is 0 Å². The van der Waals surface area contributed by atoms with Gasteiger partial charge in [0.2, 0.25) is 11.8 Å². The molecule has 9 nitrogen and oxygen atoms in total. The summed E-state index contributed by atoms with van der Waals surface area (Å²) in [5.74, 6) is 1.22. The summed E-state index contributed by atoms with van der Waals surface area (Å²) < 4.78 is 17.9. The molecule has 40 heavy (non-hydrogen) atoms. The largest absolute Gasteiger partial charge is 0.497 e. The highest BCUT2D eigenvalue weighted by atomic mass is 127. The predicted octanol–water partition coefficient (Wildman–Crippen LogP) is 3.26. The van der Waals surface area contributed by atoms with E-state index in [0.717, 1.165) is 9.13 Å². The zero-order valence-corrected chi connectivity index (χ0v) is 25.2. The van der Waals surface area contributed by atoms with Crippen LogP contribution < -0.4 is 19.5 Å². The number of ether oxygens (including phenoxy) is 3. The fraction of sp³-hybridized carbons (Fsp3) is 0.400. The number of hydrogen-bond donors (Lipinski definition) is 3. The van der Waals surface area contributed by atoms with Gasteiger partial charge in [-0.2, -0.15) is 0 Å². The maximum absolute atomic E-state index is 13.5. The molecule has 2 aromatic rings. The molecule has 3 atom stereocenters. The van der Waals surface area contributed by atoms with Gasteiger partial charge in [-0.1, -0.05) is 25.1 Å².